The largest absolute Gasteiger partial charge is 0.442 e. The fourth-order valence-corrected chi connectivity index (χ4v) is 3.96. The minimum absolute atomic E-state index is 0.0333. The van der Waals surface area contributed by atoms with E-state index < -0.39 is 17.6 Å². The molecule has 1 aromatic heterocycles. The van der Waals surface area contributed by atoms with Crippen molar-refractivity contribution < 1.29 is 19.1 Å². The summed E-state index contributed by atoms with van der Waals surface area (Å²) in [5, 5.41) is 4.14. The predicted octanol–water partition coefficient (Wildman–Crippen LogP) is 3.58. The third-order valence-corrected chi connectivity index (χ3v) is 5.60. The van der Waals surface area contributed by atoms with E-state index in [0.717, 1.165) is 32.5 Å². The quantitative estimate of drug-likeness (QED) is 0.430. The van der Waals surface area contributed by atoms with Gasteiger partial charge in [-0.1, -0.05) is 30.8 Å². The third kappa shape index (κ3) is 4.79. The van der Waals surface area contributed by atoms with Gasteiger partial charge in [0.1, 0.15) is 5.60 Å². The van der Waals surface area contributed by atoms with E-state index in [1.165, 1.54) is 4.90 Å². The fraction of sp³-hybridized carbons (Fsp3) is 0.231. The molecular formula is C26H27N5O4. The monoisotopic (exact) mass is 473 g/mol. The Morgan fingerprint density at radius 1 is 1.14 bits per heavy atom. The van der Waals surface area contributed by atoms with Crippen LogP contribution in [0.3, 0.4) is 0 Å². The van der Waals surface area contributed by atoms with Crippen molar-refractivity contribution in [2.24, 2.45) is 5.73 Å². The van der Waals surface area contributed by atoms with Crippen molar-refractivity contribution in [1.29, 1.82) is 0 Å². The average Bonchev–Trinajstić information content (AvgIpc) is 3.39. The van der Waals surface area contributed by atoms with Gasteiger partial charge in [-0.25, -0.2) is 4.79 Å². The molecule has 2 aromatic carbocycles. The highest BCUT2D eigenvalue weighted by Gasteiger charge is 2.32. The van der Waals surface area contributed by atoms with E-state index in [1.807, 2.05) is 30.3 Å². The highest BCUT2D eigenvalue weighted by atomic mass is 16.6. The lowest BCUT2D eigenvalue weighted by Gasteiger charge is -2.18. The molecule has 0 aliphatic carbocycles. The van der Waals surface area contributed by atoms with Crippen molar-refractivity contribution in [3.63, 3.8) is 0 Å². The summed E-state index contributed by atoms with van der Waals surface area (Å²) < 4.78 is 6.53. The Bertz CT molecular complexity index is 1370. The molecule has 1 aliphatic heterocycles. The van der Waals surface area contributed by atoms with Crippen LogP contribution in [0, 0.1) is 0 Å². The van der Waals surface area contributed by atoms with Gasteiger partial charge in [0.2, 0.25) is 5.91 Å². The van der Waals surface area contributed by atoms with Crippen molar-refractivity contribution in [2.45, 2.75) is 32.9 Å². The second-order valence-corrected chi connectivity index (χ2v) is 9.42. The Balaban J connectivity index is 1.66. The Morgan fingerprint density at radius 2 is 1.86 bits per heavy atom. The third-order valence-electron chi connectivity index (χ3n) is 5.60. The van der Waals surface area contributed by atoms with Crippen LogP contribution < -0.4 is 11.5 Å². The number of nitrogens with zero attached hydrogens (tertiary/aromatic N) is 3. The summed E-state index contributed by atoms with van der Waals surface area (Å²) in [6.45, 7) is 9.34. The summed E-state index contributed by atoms with van der Waals surface area (Å²) in [6.07, 6.45) is 2.64. The van der Waals surface area contributed by atoms with Crippen molar-refractivity contribution in [2.75, 3.05) is 12.3 Å². The van der Waals surface area contributed by atoms with E-state index in [1.54, 1.807) is 39.2 Å². The summed E-state index contributed by atoms with van der Waals surface area (Å²) in [5.41, 5.74) is 15.8. The number of hydrogen-bond acceptors (Lipinski definition) is 6. The van der Waals surface area contributed by atoms with E-state index in [-0.39, 0.29) is 24.6 Å². The Hall–Kier alpha value is -4.40. The lowest BCUT2D eigenvalue weighted by molar-refractivity contribution is -0.114. The van der Waals surface area contributed by atoms with Crippen LogP contribution in [0.5, 0.6) is 0 Å². The maximum Gasteiger partial charge on any atom is 0.435 e. The summed E-state index contributed by atoms with van der Waals surface area (Å²) >= 11 is 0. The lowest BCUT2D eigenvalue weighted by Crippen LogP contribution is -2.30. The summed E-state index contributed by atoms with van der Waals surface area (Å²) in [7, 11) is 0. The number of benzene rings is 2. The van der Waals surface area contributed by atoms with Gasteiger partial charge in [0.25, 0.3) is 5.91 Å². The van der Waals surface area contributed by atoms with Crippen LogP contribution >= 0.6 is 0 Å². The molecule has 4 rings (SSSR count). The van der Waals surface area contributed by atoms with Crippen LogP contribution in [-0.4, -0.2) is 44.7 Å². The summed E-state index contributed by atoms with van der Waals surface area (Å²) in [6, 6.07) is 11.3. The number of amides is 2. The van der Waals surface area contributed by atoms with Gasteiger partial charge in [0.15, 0.2) is 0 Å². The zero-order chi connectivity index (χ0) is 25.5. The Morgan fingerprint density at radius 3 is 2.54 bits per heavy atom. The smallest absolute Gasteiger partial charge is 0.435 e. The van der Waals surface area contributed by atoms with Gasteiger partial charge in [0.05, 0.1) is 18.3 Å². The number of carbonyl (C=O) groups is 3. The minimum Gasteiger partial charge on any atom is -0.442 e. The van der Waals surface area contributed by atoms with Crippen LogP contribution in [0.15, 0.2) is 60.9 Å². The highest BCUT2D eigenvalue weighted by molar-refractivity contribution is 6.06. The average molecular weight is 474 g/mol. The van der Waals surface area contributed by atoms with Crippen LogP contribution in [0.1, 0.15) is 36.7 Å². The van der Waals surface area contributed by atoms with Gasteiger partial charge in [-0.05, 0) is 55.2 Å². The zero-order valence-electron chi connectivity index (χ0n) is 19.9. The van der Waals surface area contributed by atoms with Crippen molar-refractivity contribution >= 4 is 23.6 Å². The second-order valence-electron chi connectivity index (χ2n) is 9.42. The standard InChI is InChI=1S/C26H27N5O4/c1-15(23(28)32)12-30-14-20-19(8-9-21(27)22(20)24(30)33)17-7-5-6-16(10-17)18-11-29-31(13-18)25(34)35-26(2,3)4/h5-11,13H,1,12,14,27H2,2-4H3,(H2,28,32). The lowest BCUT2D eigenvalue weighted by atomic mass is 9.94. The molecule has 0 atom stereocenters. The summed E-state index contributed by atoms with van der Waals surface area (Å²) in [4.78, 5) is 38.3. The molecule has 0 radical (unpaired) electrons. The number of nitrogens with two attached hydrogens (primary N) is 2. The van der Waals surface area contributed by atoms with Gasteiger partial charge in [0, 0.05) is 29.6 Å². The van der Waals surface area contributed by atoms with Gasteiger partial charge in [-0.15, -0.1) is 0 Å². The van der Waals surface area contributed by atoms with Crippen LogP contribution in [0.4, 0.5) is 10.5 Å². The molecule has 9 nitrogen and oxygen atoms in total. The molecule has 0 spiro atoms. The number of hydrogen-bond donors (Lipinski definition) is 2. The van der Waals surface area contributed by atoms with Crippen LogP contribution in [0.2, 0.25) is 0 Å². The molecular weight excluding hydrogens is 446 g/mol. The number of primary amides is 1. The van der Waals surface area contributed by atoms with E-state index >= 15 is 0 Å². The molecule has 0 saturated carbocycles. The van der Waals surface area contributed by atoms with E-state index in [0.29, 0.717) is 11.3 Å². The van der Waals surface area contributed by atoms with Gasteiger partial charge >= 0.3 is 6.09 Å². The molecule has 2 heterocycles. The number of aromatic nitrogens is 2. The van der Waals surface area contributed by atoms with E-state index in [2.05, 4.69) is 11.7 Å². The summed E-state index contributed by atoms with van der Waals surface area (Å²) in [5.74, 6) is -0.918. The number of carbonyl (C=O) groups excluding carboxylic acids is 3. The number of fused-ring (bicyclic) bond motifs is 1. The molecule has 2 amide bonds. The van der Waals surface area contributed by atoms with Gasteiger partial charge < -0.3 is 21.1 Å². The molecule has 9 heteroatoms. The van der Waals surface area contributed by atoms with Crippen LogP contribution in [0.25, 0.3) is 22.3 Å². The first-order valence-electron chi connectivity index (χ1n) is 11.0. The molecule has 180 valence electrons. The fourth-order valence-electron chi connectivity index (χ4n) is 3.96. The van der Waals surface area contributed by atoms with Gasteiger partial charge in [-0.2, -0.15) is 9.78 Å². The molecule has 3 aromatic rings. The Kier molecular flexibility index (Phi) is 5.94. The number of ether oxygens (including phenoxy) is 1. The molecule has 1 aliphatic rings. The van der Waals surface area contributed by atoms with E-state index in [9.17, 15) is 14.4 Å². The zero-order valence-corrected chi connectivity index (χ0v) is 19.9. The molecule has 0 bridgehead atoms. The molecule has 0 saturated heterocycles. The van der Waals surface area contributed by atoms with Crippen LogP contribution in [-0.2, 0) is 16.1 Å². The minimum atomic E-state index is -0.651. The van der Waals surface area contributed by atoms with Crippen molar-refractivity contribution in [3.05, 3.63) is 72.1 Å². The molecule has 0 fully saturated rings. The van der Waals surface area contributed by atoms with E-state index in [4.69, 9.17) is 16.2 Å². The number of rotatable bonds is 5. The first-order valence-corrected chi connectivity index (χ1v) is 11.0. The highest BCUT2D eigenvalue weighted by Crippen LogP contribution is 2.37. The second kappa shape index (κ2) is 8.75. The normalized spacial score (nSPS) is 13.0. The maximum absolute atomic E-state index is 13.0. The molecule has 4 N–H and O–H groups in total. The topological polar surface area (TPSA) is 134 Å². The Labute approximate surface area is 203 Å². The van der Waals surface area contributed by atoms with Crippen molar-refractivity contribution in [3.8, 4) is 22.3 Å². The number of nitrogen functional groups attached to an aromatic ring is 1. The molecule has 0 unspecified atom stereocenters. The predicted molar refractivity (Wildman–Crippen MR) is 132 cm³/mol. The van der Waals surface area contributed by atoms with Gasteiger partial charge in [-0.3, -0.25) is 9.59 Å². The number of anilines is 1. The molecule has 35 heavy (non-hydrogen) atoms. The SMILES string of the molecule is C=C(CN1Cc2c(-c3cccc(-c4cnn(C(=O)OC(C)(C)C)c4)c3)ccc(N)c2C1=O)C(N)=O. The first-order chi connectivity index (χ1) is 16.4. The first kappa shape index (κ1) is 23.7. The van der Waals surface area contributed by atoms with Crippen molar-refractivity contribution in [1.82, 2.24) is 14.7 Å². The maximum atomic E-state index is 13.0.